The van der Waals surface area contributed by atoms with Gasteiger partial charge in [0.15, 0.2) is 0 Å². The Kier molecular flexibility index (Phi) is 8.03. The zero-order valence-electron chi connectivity index (χ0n) is 17.8. The van der Waals surface area contributed by atoms with Gasteiger partial charge in [0.2, 0.25) is 0 Å². The summed E-state index contributed by atoms with van der Waals surface area (Å²) in [6.07, 6.45) is 5.00. The molecule has 1 saturated heterocycles. The fraction of sp³-hybridized carbons (Fsp3) is 0.696. The van der Waals surface area contributed by atoms with E-state index in [-0.39, 0.29) is 5.75 Å². The quantitative estimate of drug-likeness (QED) is 0.575. The predicted molar refractivity (Wildman–Crippen MR) is 110 cm³/mol. The molecule has 1 aromatic rings. The van der Waals surface area contributed by atoms with Crippen molar-refractivity contribution in [2.24, 2.45) is 11.8 Å². The molecule has 2 aliphatic rings. The molecule has 0 aromatic heterocycles. The summed E-state index contributed by atoms with van der Waals surface area (Å²) in [7, 11) is 1.68. The molecule has 1 aliphatic carbocycles. The zero-order chi connectivity index (χ0) is 21.6. The van der Waals surface area contributed by atoms with E-state index < -0.39 is 17.8 Å². The number of benzene rings is 1. The topological polar surface area (TPSA) is 32.8 Å². The number of likely N-dealkylation sites (tertiary alicyclic amines) is 1. The zero-order valence-corrected chi connectivity index (χ0v) is 17.8. The molecule has 2 fully saturated rings. The summed E-state index contributed by atoms with van der Waals surface area (Å²) in [5.41, 5.74) is -0.758. The van der Waals surface area contributed by atoms with Crippen LogP contribution in [0.3, 0.4) is 0 Å². The summed E-state index contributed by atoms with van der Waals surface area (Å²) in [5.74, 6) is 1.56. The van der Waals surface area contributed by atoms with Crippen molar-refractivity contribution in [3.05, 3.63) is 29.8 Å². The van der Waals surface area contributed by atoms with Crippen LogP contribution in [0.15, 0.2) is 24.3 Å². The third-order valence-electron chi connectivity index (χ3n) is 6.50. The Labute approximate surface area is 177 Å². The van der Waals surface area contributed by atoms with Gasteiger partial charge in [-0.3, -0.25) is 0 Å². The summed E-state index contributed by atoms with van der Waals surface area (Å²) in [6, 6.07) is 4.20. The lowest BCUT2D eigenvalue weighted by atomic mass is 9.80. The number of carbonyl (C=O) groups is 1. The van der Waals surface area contributed by atoms with Crippen LogP contribution < -0.4 is 4.74 Å². The lowest BCUT2D eigenvalue weighted by molar-refractivity contribution is -0.137. The van der Waals surface area contributed by atoms with Gasteiger partial charge in [0.1, 0.15) is 5.75 Å². The van der Waals surface area contributed by atoms with Gasteiger partial charge in [0.05, 0.1) is 5.56 Å². The summed E-state index contributed by atoms with van der Waals surface area (Å²) < 4.78 is 43.0. The molecule has 1 heterocycles. The van der Waals surface area contributed by atoms with E-state index in [9.17, 15) is 18.0 Å². The summed E-state index contributed by atoms with van der Waals surface area (Å²) in [4.78, 5) is 16.4. The van der Waals surface area contributed by atoms with E-state index in [0.717, 1.165) is 24.5 Å². The van der Waals surface area contributed by atoms with Crippen LogP contribution in [-0.2, 0) is 6.18 Å². The van der Waals surface area contributed by atoms with Crippen LogP contribution in [0.25, 0.3) is 0 Å². The van der Waals surface area contributed by atoms with Crippen molar-refractivity contribution in [3.8, 4) is 5.75 Å². The fourth-order valence-corrected chi connectivity index (χ4v) is 4.57. The van der Waals surface area contributed by atoms with Crippen LogP contribution >= 0.6 is 0 Å². The molecule has 1 aliphatic heterocycles. The van der Waals surface area contributed by atoms with Crippen LogP contribution in [0, 0.1) is 11.8 Å². The third kappa shape index (κ3) is 6.89. The number of nitrogens with zero attached hydrogens (tertiary/aromatic N) is 2. The first-order valence-corrected chi connectivity index (χ1v) is 11.1. The summed E-state index contributed by atoms with van der Waals surface area (Å²) >= 11 is 0. The SMILES string of the molecule is CN(CC[C@H]1CC[C@H](CN2CCCCC2)CC1)C(=O)Oc1ccc(C(F)(F)F)cc1. The molecule has 0 radical (unpaired) electrons. The summed E-state index contributed by atoms with van der Waals surface area (Å²) in [5, 5.41) is 0. The van der Waals surface area contributed by atoms with Crippen LogP contribution in [0.1, 0.15) is 56.9 Å². The van der Waals surface area contributed by atoms with E-state index in [1.54, 1.807) is 7.05 Å². The second-order valence-corrected chi connectivity index (χ2v) is 8.85. The molecular weight excluding hydrogens is 393 g/mol. The Morgan fingerprint density at radius 2 is 1.63 bits per heavy atom. The number of ether oxygens (including phenoxy) is 1. The minimum atomic E-state index is -4.40. The number of piperidine rings is 1. The van der Waals surface area contributed by atoms with Gasteiger partial charge in [0.25, 0.3) is 0 Å². The Morgan fingerprint density at radius 1 is 1.03 bits per heavy atom. The van der Waals surface area contributed by atoms with Crippen molar-refractivity contribution < 1.29 is 22.7 Å². The van der Waals surface area contributed by atoms with Gasteiger partial charge < -0.3 is 14.5 Å². The number of halogens is 3. The maximum atomic E-state index is 12.6. The lowest BCUT2D eigenvalue weighted by Crippen LogP contribution is -2.36. The van der Waals surface area contributed by atoms with Gasteiger partial charge in [-0.1, -0.05) is 19.3 Å². The Balaban J connectivity index is 1.35. The molecule has 0 atom stereocenters. The number of rotatable bonds is 6. The molecule has 30 heavy (non-hydrogen) atoms. The van der Waals surface area contributed by atoms with Gasteiger partial charge >= 0.3 is 12.3 Å². The number of alkyl halides is 3. The second-order valence-electron chi connectivity index (χ2n) is 8.85. The molecule has 0 N–H and O–H groups in total. The van der Waals surface area contributed by atoms with E-state index in [1.807, 2.05) is 0 Å². The van der Waals surface area contributed by atoms with Crippen molar-refractivity contribution in [2.75, 3.05) is 33.2 Å². The number of hydrogen-bond donors (Lipinski definition) is 0. The van der Waals surface area contributed by atoms with E-state index >= 15 is 0 Å². The number of carbonyl (C=O) groups excluding carboxylic acids is 1. The first kappa shape index (κ1) is 22.9. The van der Waals surface area contributed by atoms with Gasteiger partial charge in [-0.2, -0.15) is 13.2 Å². The Hall–Kier alpha value is -1.76. The van der Waals surface area contributed by atoms with Crippen molar-refractivity contribution in [3.63, 3.8) is 0 Å². The average molecular weight is 427 g/mol. The van der Waals surface area contributed by atoms with E-state index in [0.29, 0.717) is 12.5 Å². The second kappa shape index (κ2) is 10.5. The molecule has 1 saturated carbocycles. The van der Waals surface area contributed by atoms with Gasteiger partial charge in [-0.25, -0.2) is 4.79 Å². The van der Waals surface area contributed by atoms with Crippen molar-refractivity contribution in [2.45, 2.75) is 57.5 Å². The molecule has 0 unspecified atom stereocenters. The molecule has 3 rings (SSSR count). The highest BCUT2D eigenvalue weighted by Crippen LogP contribution is 2.32. The maximum absolute atomic E-state index is 12.6. The minimum absolute atomic E-state index is 0.123. The van der Waals surface area contributed by atoms with Crippen LogP contribution in [0.5, 0.6) is 5.75 Å². The lowest BCUT2D eigenvalue weighted by Gasteiger charge is -2.34. The molecule has 4 nitrogen and oxygen atoms in total. The smallest absolute Gasteiger partial charge is 0.410 e. The van der Waals surface area contributed by atoms with Crippen LogP contribution in [0.2, 0.25) is 0 Å². The Bertz CT molecular complexity index is 664. The largest absolute Gasteiger partial charge is 0.416 e. The van der Waals surface area contributed by atoms with E-state index in [2.05, 4.69) is 4.90 Å². The first-order chi connectivity index (χ1) is 14.3. The average Bonchev–Trinajstić information content (AvgIpc) is 2.73. The monoisotopic (exact) mass is 426 g/mol. The molecular formula is C23H33F3N2O2. The van der Waals surface area contributed by atoms with E-state index in [1.165, 1.54) is 81.6 Å². The Morgan fingerprint density at radius 3 is 2.23 bits per heavy atom. The molecule has 0 bridgehead atoms. The minimum Gasteiger partial charge on any atom is -0.410 e. The van der Waals surface area contributed by atoms with E-state index in [4.69, 9.17) is 4.74 Å². The number of amides is 1. The van der Waals surface area contributed by atoms with Gasteiger partial charge in [0, 0.05) is 20.1 Å². The molecule has 0 spiro atoms. The van der Waals surface area contributed by atoms with Crippen molar-refractivity contribution in [1.29, 1.82) is 0 Å². The summed E-state index contributed by atoms with van der Waals surface area (Å²) in [6.45, 7) is 4.35. The van der Waals surface area contributed by atoms with Crippen LogP contribution in [-0.4, -0.2) is 49.1 Å². The highest BCUT2D eigenvalue weighted by molar-refractivity contribution is 5.70. The highest BCUT2D eigenvalue weighted by Gasteiger charge is 2.30. The molecule has 168 valence electrons. The normalized spacial score (nSPS) is 23.2. The van der Waals surface area contributed by atoms with Crippen molar-refractivity contribution in [1.82, 2.24) is 9.80 Å². The van der Waals surface area contributed by atoms with Crippen molar-refractivity contribution >= 4 is 6.09 Å². The molecule has 1 aromatic carbocycles. The fourth-order valence-electron chi connectivity index (χ4n) is 4.57. The predicted octanol–water partition coefficient (Wildman–Crippen LogP) is 5.82. The van der Waals surface area contributed by atoms with Crippen LogP contribution in [0.4, 0.5) is 18.0 Å². The highest BCUT2D eigenvalue weighted by atomic mass is 19.4. The molecule has 7 heteroatoms. The standard InChI is InChI=1S/C23H33F3N2O2/c1-27(22(29)30-21-11-9-20(10-12-21)23(24,25)26)16-13-18-5-7-19(8-6-18)17-28-14-3-2-4-15-28/h9-12,18-19H,2-8,13-17H2,1H3/t18-,19-. The van der Waals surface area contributed by atoms with Gasteiger partial charge in [-0.15, -0.1) is 0 Å². The third-order valence-corrected chi connectivity index (χ3v) is 6.50. The maximum Gasteiger partial charge on any atom is 0.416 e. The van der Waals surface area contributed by atoms with Gasteiger partial charge in [-0.05, 0) is 81.3 Å². The number of hydrogen-bond acceptors (Lipinski definition) is 3. The molecule has 1 amide bonds. The first-order valence-electron chi connectivity index (χ1n) is 11.1.